The van der Waals surface area contributed by atoms with Crippen molar-refractivity contribution in [3.63, 3.8) is 0 Å². The molecule has 2 amide bonds. The molecule has 0 aromatic heterocycles. The molecule has 46 heavy (non-hydrogen) atoms. The van der Waals surface area contributed by atoms with Gasteiger partial charge in [0.1, 0.15) is 0 Å². The molecule has 2 atom stereocenters. The molecule has 6 N–H and O–H groups in total. The molecule has 2 aromatic carbocycles. The van der Waals surface area contributed by atoms with Crippen LogP contribution in [0.4, 0.5) is 0 Å². The van der Waals surface area contributed by atoms with Crippen LogP contribution in [-0.2, 0) is 29.7 Å². The van der Waals surface area contributed by atoms with E-state index in [1.54, 1.807) is 23.7 Å². The van der Waals surface area contributed by atoms with Crippen LogP contribution >= 0.6 is 0 Å². The second kappa shape index (κ2) is 20.2. The third kappa shape index (κ3) is 15.4. The van der Waals surface area contributed by atoms with Crippen LogP contribution in [-0.4, -0.2) is 61.7 Å². The number of sulfonamides is 1. The van der Waals surface area contributed by atoms with Crippen LogP contribution in [0.5, 0.6) is 0 Å². The lowest BCUT2D eigenvalue weighted by Crippen LogP contribution is -2.52. The lowest BCUT2D eigenvalue weighted by atomic mass is 9.82. The molecular weight excluding hydrogens is 633 g/mol. The number of nitrogens with two attached hydrogens (primary N) is 1. The Bertz CT molecular complexity index is 1450. The highest BCUT2D eigenvalue weighted by atomic mass is 32.2. The number of hydrogen-bond acceptors (Lipinski definition) is 8. The van der Waals surface area contributed by atoms with Crippen molar-refractivity contribution in [2.75, 3.05) is 18.8 Å². The summed E-state index contributed by atoms with van der Waals surface area (Å²) in [5.41, 5.74) is 11.6. The molecule has 0 spiro atoms. The standard InChI is InChI=1S/C25H42N4O5S.C7H8O3S/c1-19(2)17-23(22(25(31)28-32)14-10-13-21-11-6-5-7-12-21)24(30)27-29(18-20(3)4)35(33,34)16-9-8-15-26;1-6-2-4-7(5-3-6)11(8,9)10/h5-7,10-13,19-20,22-23,32H,8-9,14-18,26H2,1-4H3,(H,27,30)(H,28,31);2-5H,1H3,(H,8,9,10)/b13-10+;/t22-,23+;/m0./s1. The third-order valence-corrected chi connectivity index (χ3v) is 9.36. The van der Waals surface area contributed by atoms with Crippen molar-refractivity contribution in [1.29, 1.82) is 0 Å². The fourth-order valence-electron chi connectivity index (χ4n) is 4.43. The summed E-state index contributed by atoms with van der Waals surface area (Å²) in [6.45, 7) is 9.89. The van der Waals surface area contributed by atoms with Gasteiger partial charge in [-0.15, -0.1) is 4.41 Å². The first-order valence-corrected chi connectivity index (χ1v) is 18.3. The Labute approximate surface area is 274 Å². The van der Waals surface area contributed by atoms with E-state index in [-0.39, 0.29) is 35.4 Å². The number of hydrogen-bond donors (Lipinski definition) is 5. The Kier molecular flexibility index (Phi) is 17.9. The number of amides is 2. The molecule has 0 saturated heterocycles. The molecule has 0 heterocycles. The average Bonchev–Trinajstić information content (AvgIpc) is 2.98. The largest absolute Gasteiger partial charge is 0.330 e. The summed E-state index contributed by atoms with van der Waals surface area (Å²) in [5, 5.41) is 9.37. The molecule has 0 aliphatic heterocycles. The van der Waals surface area contributed by atoms with E-state index in [0.29, 0.717) is 25.8 Å². The minimum Gasteiger partial charge on any atom is -0.330 e. The van der Waals surface area contributed by atoms with Gasteiger partial charge in [0.05, 0.1) is 22.5 Å². The normalized spacial score (nSPS) is 13.4. The molecule has 0 saturated carbocycles. The van der Waals surface area contributed by atoms with Crippen molar-refractivity contribution in [1.82, 2.24) is 15.3 Å². The van der Waals surface area contributed by atoms with Gasteiger partial charge in [0.25, 0.3) is 10.1 Å². The van der Waals surface area contributed by atoms with E-state index >= 15 is 0 Å². The van der Waals surface area contributed by atoms with E-state index in [1.807, 2.05) is 71.0 Å². The third-order valence-electron chi connectivity index (χ3n) is 6.77. The summed E-state index contributed by atoms with van der Waals surface area (Å²) < 4.78 is 56.4. The zero-order valence-electron chi connectivity index (χ0n) is 27.3. The van der Waals surface area contributed by atoms with Crippen LogP contribution in [0.2, 0.25) is 0 Å². The van der Waals surface area contributed by atoms with E-state index in [9.17, 15) is 31.6 Å². The molecule has 258 valence electrons. The lowest BCUT2D eigenvalue weighted by Gasteiger charge is -2.30. The number of rotatable bonds is 17. The average molecular weight is 683 g/mol. The monoisotopic (exact) mass is 682 g/mol. The van der Waals surface area contributed by atoms with Crippen molar-refractivity contribution in [3.05, 3.63) is 71.8 Å². The van der Waals surface area contributed by atoms with Gasteiger partial charge in [-0.05, 0) is 68.7 Å². The van der Waals surface area contributed by atoms with Gasteiger partial charge in [-0.1, -0.05) is 87.9 Å². The first kappa shape index (κ1) is 40.9. The van der Waals surface area contributed by atoms with Crippen LogP contribution in [0.1, 0.15) is 64.5 Å². The highest BCUT2D eigenvalue weighted by molar-refractivity contribution is 7.89. The van der Waals surface area contributed by atoms with Gasteiger partial charge in [-0.2, -0.15) is 8.42 Å². The van der Waals surface area contributed by atoms with E-state index in [2.05, 4.69) is 5.43 Å². The molecule has 0 aliphatic carbocycles. The maximum Gasteiger partial charge on any atom is 0.294 e. The second-order valence-electron chi connectivity index (χ2n) is 11.9. The van der Waals surface area contributed by atoms with Crippen LogP contribution in [0.3, 0.4) is 0 Å². The highest BCUT2D eigenvalue weighted by Crippen LogP contribution is 2.26. The highest BCUT2D eigenvalue weighted by Gasteiger charge is 2.36. The number of nitrogens with zero attached hydrogens (tertiary/aromatic N) is 1. The number of nitrogens with one attached hydrogen (secondary N) is 2. The molecule has 14 heteroatoms. The Morgan fingerprint density at radius 2 is 1.50 bits per heavy atom. The number of hydroxylamine groups is 1. The molecular formula is C32H50N4O8S2. The van der Waals surface area contributed by atoms with Crippen molar-refractivity contribution in [2.24, 2.45) is 29.4 Å². The van der Waals surface area contributed by atoms with Gasteiger partial charge >= 0.3 is 0 Å². The molecule has 0 bridgehead atoms. The summed E-state index contributed by atoms with van der Waals surface area (Å²) in [4.78, 5) is 26.0. The maximum atomic E-state index is 13.4. The van der Waals surface area contributed by atoms with E-state index in [0.717, 1.165) is 15.5 Å². The predicted octanol–water partition coefficient (Wildman–Crippen LogP) is 4.17. The van der Waals surface area contributed by atoms with Gasteiger partial charge < -0.3 is 5.73 Å². The number of aryl methyl sites for hydroxylation is 1. The van der Waals surface area contributed by atoms with Crippen LogP contribution in [0, 0.1) is 30.6 Å². The Balaban J connectivity index is 0.000000804. The fraction of sp³-hybridized carbons (Fsp3) is 0.500. The predicted molar refractivity (Wildman–Crippen MR) is 179 cm³/mol. The number of carbonyl (C=O) groups is 2. The SMILES string of the molecule is CC(C)C[C@@H](C(=O)NN(CC(C)C)S(=O)(=O)CCCCN)[C@H](C/C=C/c1ccccc1)C(=O)NO.Cc1ccc(S(=O)(=O)O)cc1. The zero-order chi connectivity index (χ0) is 34.9. The Hall–Kier alpha value is -3.14. The summed E-state index contributed by atoms with van der Waals surface area (Å²) in [5.74, 6) is -3.11. The minimum absolute atomic E-state index is 0.0338. The van der Waals surface area contributed by atoms with Gasteiger partial charge in [0, 0.05) is 6.54 Å². The van der Waals surface area contributed by atoms with E-state index in [1.165, 1.54) is 12.1 Å². The van der Waals surface area contributed by atoms with Gasteiger partial charge in [0.15, 0.2) is 0 Å². The lowest BCUT2D eigenvalue weighted by molar-refractivity contribution is -0.141. The van der Waals surface area contributed by atoms with Gasteiger partial charge in [-0.3, -0.25) is 24.8 Å². The Morgan fingerprint density at radius 1 is 0.891 bits per heavy atom. The molecule has 0 radical (unpaired) electrons. The van der Waals surface area contributed by atoms with Crippen LogP contribution < -0.4 is 16.6 Å². The number of unbranched alkanes of at least 4 members (excludes halogenated alkanes) is 1. The molecule has 0 aliphatic rings. The second-order valence-corrected chi connectivity index (χ2v) is 15.3. The smallest absolute Gasteiger partial charge is 0.294 e. The van der Waals surface area contributed by atoms with Gasteiger partial charge in [0.2, 0.25) is 21.8 Å². The molecule has 2 rings (SSSR count). The molecule has 12 nitrogen and oxygen atoms in total. The van der Waals surface area contributed by atoms with Crippen molar-refractivity contribution in [3.8, 4) is 0 Å². The minimum atomic E-state index is -4.02. The number of allylic oxidation sites excluding steroid dienone is 1. The molecule has 0 unspecified atom stereocenters. The van der Waals surface area contributed by atoms with Crippen molar-refractivity contribution in [2.45, 2.75) is 65.2 Å². The first-order chi connectivity index (χ1) is 21.5. The fourth-order valence-corrected chi connectivity index (χ4v) is 6.45. The van der Waals surface area contributed by atoms with E-state index < -0.39 is 43.8 Å². The summed E-state index contributed by atoms with van der Waals surface area (Å²) in [7, 11) is -7.79. The number of hydrazine groups is 1. The maximum absolute atomic E-state index is 13.4. The van der Waals surface area contributed by atoms with Gasteiger partial charge in [-0.25, -0.2) is 13.9 Å². The quantitative estimate of drug-likeness (QED) is 0.0704. The van der Waals surface area contributed by atoms with Crippen LogP contribution in [0.15, 0.2) is 65.6 Å². The molecule has 0 fully saturated rings. The number of benzene rings is 2. The summed E-state index contributed by atoms with van der Waals surface area (Å²) in [6, 6.07) is 15.5. The molecule has 2 aromatic rings. The zero-order valence-corrected chi connectivity index (χ0v) is 28.9. The first-order valence-electron chi connectivity index (χ1n) is 15.2. The van der Waals surface area contributed by atoms with E-state index in [4.69, 9.17) is 10.3 Å². The van der Waals surface area contributed by atoms with Crippen molar-refractivity contribution >= 4 is 38.0 Å². The topological polar surface area (TPSA) is 196 Å². The van der Waals surface area contributed by atoms with Crippen molar-refractivity contribution < 1.29 is 36.2 Å². The van der Waals surface area contributed by atoms with Crippen LogP contribution in [0.25, 0.3) is 6.08 Å². The summed E-state index contributed by atoms with van der Waals surface area (Å²) >= 11 is 0. The Morgan fingerprint density at radius 3 is 2.00 bits per heavy atom. The summed E-state index contributed by atoms with van der Waals surface area (Å²) in [6.07, 6.45) is 5.11. The number of carbonyl (C=O) groups excluding carboxylic acids is 2.